The molecule has 7 heteroatoms. The molecule has 0 aromatic rings. The molecule has 0 bridgehead atoms. The fraction of sp³-hybridized carbons (Fsp3) is 0.917. The molecule has 0 saturated heterocycles. The zero-order valence-electron chi connectivity index (χ0n) is 22.1. The molecule has 0 aliphatic heterocycles. The van der Waals surface area contributed by atoms with Crippen molar-refractivity contribution in [2.24, 2.45) is 10.8 Å². The molecule has 0 aliphatic rings. The first-order valence-electron chi connectivity index (χ1n) is 12.0. The van der Waals surface area contributed by atoms with Crippen LogP contribution in [-0.4, -0.2) is 50.3 Å². The maximum atomic E-state index is 12.3. The zero-order valence-corrected chi connectivity index (χ0v) is 27.8. The second-order valence-electron chi connectivity index (χ2n) is 12.1. The topological polar surface area (TPSA) is 61.8 Å². The summed E-state index contributed by atoms with van der Waals surface area (Å²) in [6, 6.07) is 0. The predicted octanol–water partition coefficient (Wildman–Crippen LogP) is 7.49. The van der Waals surface area contributed by atoms with Crippen molar-refractivity contribution < 1.29 is 17.1 Å². The van der Waals surface area contributed by atoms with Crippen molar-refractivity contribution in [3.8, 4) is 0 Å². The average molecular weight is 656 g/mol. The van der Waals surface area contributed by atoms with Gasteiger partial charge >= 0.3 is 204 Å². The van der Waals surface area contributed by atoms with E-state index < -0.39 is 38.4 Å². The van der Waals surface area contributed by atoms with Crippen LogP contribution in [0, 0.1) is 10.8 Å². The van der Waals surface area contributed by atoms with Crippen LogP contribution >= 0.6 is 0 Å². The van der Waals surface area contributed by atoms with Crippen LogP contribution in [0.5, 0.6) is 0 Å². The second-order valence-corrected chi connectivity index (χ2v) is 33.7. The van der Waals surface area contributed by atoms with Gasteiger partial charge in [-0.25, -0.2) is 0 Å². The molecular weight excluding hydrogens is 606 g/mol. The summed E-state index contributed by atoms with van der Waals surface area (Å²) in [5, 5.41) is 0. The van der Waals surface area contributed by atoms with Crippen molar-refractivity contribution in [1.82, 2.24) is 0 Å². The summed E-state index contributed by atoms with van der Waals surface area (Å²) < 4.78 is 17.8. The van der Waals surface area contributed by atoms with Gasteiger partial charge in [-0.1, -0.05) is 0 Å². The zero-order chi connectivity index (χ0) is 24.3. The molecule has 5 nitrogen and oxygen atoms in total. The number of carbonyl (C=O) groups is 2. The Hall–Kier alpha value is 0.497. The first kappa shape index (κ1) is 31.5. The van der Waals surface area contributed by atoms with Crippen molar-refractivity contribution >= 4 is 50.3 Å². The standard InChI is InChI=1S/2C10H20O2.4CH3.O.2Sn/c2*1-10(2,3)8-6-4-5-7-9(11)12;;;;;;;/h2*4-8H2,1-3H3,(H,11,12);4*1H3;;;/q;;;;;;;2*+1/p-2. The molecule has 0 saturated carbocycles. The Morgan fingerprint density at radius 2 is 0.903 bits per heavy atom. The molecule has 0 rings (SSSR count). The van der Waals surface area contributed by atoms with Gasteiger partial charge in [-0.3, -0.25) is 0 Å². The fourth-order valence-corrected chi connectivity index (χ4v) is 35.1. The molecule has 0 spiro atoms. The number of carbonyl (C=O) groups excluding carboxylic acids is 2. The Bertz CT molecular complexity index is 497. The fourth-order valence-electron chi connectivity index (χ4n) is 3.49. The predicted molar refractivity (Wildman–Crippen MR) is 133 cm³/mol. The molecule has 0 unspecified atom stereocenters. The van der Waals surface area contributed by atoms with Crippen LogP contribution in [0.25, 0.3) is 0 Å². The van der Waals surface area contributed by atoms with Crippen LogP contribution in [-0.2, 0) is 17.1 Å². The minimum absolute atomic E-state index is 0.163. The van der Waals surface area contributed by atoms with Gasteiger partial charge in [0, 0.05) is 0 Å². The van der Waals surface area contributed by atoms with Crippen molar-refractivity contribution in [1.29, 1.82) is 0 Å². The first-order valence-corrected chi connectivity index (χ1v) is 28.1. The molecule has 0 heterocycles. The summed E-state index contributed by atoms with van der Waals surface area (Å²) in [5.41, 5.74) is 0.685. The Morgan fingerprint density at radius 3 is 1.19 bits per heavy atom. The quantitative estimate of drug-likeness (QED) is 0.143. The molecule has 31 heavy (non-hydrogen) atoms. The molecule has 0 aromatic carbocycles. The Balaban J connectivity index is 4.22. The van der Waals surface area contributed by atoms with Gasteiger partial charge in [-0.2, -0.15) is 0 Å². The van der Waals surface area contributed by atoms with Crippen LogP contribution < -0.4 is 0 Å². The average Bonchev–Trinajstić information content (AvgIpc) is 2.49. The molecule has 184 valence electrons. The van der Waals surface area contributed by atoms with E-state index in [1.807, 2.05) is 19.8 Å². The van der Waals surface area contributed by atoms with E-state index in [0.29, 0.717) is 23.7 Å². The van der Waals surface area contributed by atoms with E-state index in [4.69, 9.17) is 7.56 Å². The molecule has 0 aromatic heterocycles. The van der Waals surface area contributed by atoms with E-state index in [0.717, 1.165) is 38.5 Å². The van der Waals surface area contributed by atoms with Crippen LogP contribution in [0.15, 0.2) is 0 Å². The summed E-state index contributed by atoms with van der Waals surface area (Å²) >= 11 is -6.96. The van der Waals surface area contributed by atoms with Gasteiger partial charge in [0.1, 0.15) is 0 Å². The number of hydrogen-bond acceptors (Lipinski definition) is 5. The third-order valence-corrected chi connectivity index (χ3v) is 30.6. The molecule has 0 fully saturated rings. The number of rotatable bonds is 14. The minimum atomic E-state index is -3.48. The molecular formula is C24H50O5Sn2. The van der Waals surface area contributed by atoms with E-state index in [2.05, 4.69) is 41.5 Å². The van der Waals surface area contributed by atoms with E-state index in [-0.39, 0.29) is 11.9 Å². The van der Waals surface area contributed by atoms with Gasteiger partial charge in [-0.05, 0) is 0 Å². The Kier molecular flexibility index (Phi) is 14.3. The number of hydrogen-bond donors (Lipinski definition) is 0. The number of unbranched alkanes of at least 4 members (excludes halogenated alkanes) is 4. The van der Waals surface area contributed by atoms with Gasteiger partial charge in [0.15, 0.2) is 0 Å². The second kappa shape index (κ2) is 14.0. The third-order valence-electron chi connectivity index (χ3n) is 4.83. The Labute approximate surface area is 202 Å². The van der Waals surface area contributed by atoms with E-state index in [9.17, 15) is 9.59 Å². The van der Waals surface area contributed by atoms with Gasteiger partial charge in [0.2, 0.25) is 0 Å². The van der Waals surface area contributed by atoms with Gasteiger partial charge < -0.3 is 0 Å². The Morgan fingerprint density at radius 1 is 0.581 bits per heavy atom. The van der Waals surface area contributed by atoms with Crippen LogP contribution in [0.2, 0.25) is 19.8 Å². The maximum absolute atomic E-state index is 12.3. The van der Waals surface area contributed by atoms with Gasteiger partial charge in [0.05, 0.1) is 0 Å². The van der Waals surface area contributed by atoms with Gasteiger partial charge in [-0.15, -0.1) is 0 Å². The molecule has 0 aliphatic carbocycles. The summed E-state index contributed by atoms with van der Waals surface area (Å²) in [6.45, 7) is 13.4. The van der Waals surface area contributed by atoms with E-state index in [1.165, 1.54) is 12.8 Å². The van der Waals surface area contributed by atoms with Crippen LogP contribution in [0.1, 0.15) is 106 Å². The molecule has 0 atom stereocenters. The van der Waals surface area contributed by atoms with E-state index >= 15 is 0 Å². The van der Waals surface area contributed by atoms with Crippen molar-refractivity contribution in [2.45, 2.75) is 126 Å². The van der Waals surface area contributed by atoms with E-state index in [1.54, 1.807) is 0 Å². The van der Waals surface area contributed by atoms with Crippen LogP contribution in [0.3, 0.4) is 0 Å². The summed E-state index contributed by atoms with van der Waals surface area (Å²) in [6.07, 6.45) is 9.28. The molecule has 0 N–H and O–H groups in total. The van der Waals surface area contributed by atoms with Crippen LogP contribution in [0.4, 0.5) is 0 Å². The SMILES string of the molecule is CC(C)(C)CCCCCC(=O)[O][Sn]([CH3])([CH3])[O][Sn]([CH3])([CH3])[O]C(=O)CCCCCC(C)(C)C. The monoisotopic (exact) mass is 658 g/mol. The van der Waals surface area contributed by atoms with Crippen molar-refractivity contribution in [3.63, 3.8) is 0 Å². The third kappa shape index (κ3) is 20.8. The van der Waals surface area contributed by atoms with Crippen molar-refractivity contribution in [2.75, 3.05) is 0 Å². The molecule has 0 radical (unpaired) electrons. The molecule has 0 amide bonds. The normalized spacial score (nSPS) is 13.2. The van der Waals surface area contributed by atoms with Crippen molar-refractivity contribution in [3.05, 3.63) is 0 Å². The first-order chi connectivity index (χ1) is 13.9. The summed E-state index contributed by atoms with van der Waals surface area (Å²) in [7, 11) is 0. The van der Waals surface area contributed by atoms with Gasteiger partial charge in [0.25, 0.3) is 0 Å². The summed E-state index contributed by atoms with van der Waals surface area (Å²) in [4.78, 5) is 32.3. The summed E-state index contributed by atoms with van der Waals surface area (Å²) in [5.74, 6) is -0.326.